The zero-order valence-corrected chi connectivity index (χ0v) is 13.1. The van der Waals surface area contributed by atoms with Crippen molar-refractivity contribution in [2.45, 2.75) is 39.4 Å². The van der Waals surface area contributed by atoms with Crippen LogP contribution in [-0.4, -0.2) is 11.9 Å². The average Bonchev–Trinajstić information content (AvgIpc) is 2.36. The van der Waals surface area contributed by atoms with Crippen LogP contribution in [0.4, 0.5) is 13.2 Å². The summed E-state index contributed by atoms with van der Waals surface area (Å²) in [6.45, 7) is 5.82. The van der Waals surface area contributed by atoms with E-state index in [9.17, 15) is 18.0 Å². The fourth-order valence-corrected chi connectivity index (χ4v) is 2.14. The Bertz CT molecular complexity index is 488. The Hall–Kier alpha value is -1.04. The molecule has 6 heteroatoms. The Labute approximate surface area is 124 Å². The van der Waals surface area contributed by atoms with Gasteiger partial charge in [0.25, 0.3) is 5.91 Å². The minimum absolute atomic E-state index is 0.00989. The Morgan fingerprint density at radius 1 is 1.35 bits per heavy atom. The number of amides is 1. The first-order chi connectivity index (χ1) is 9.16. The maximum atomic E-state index is 12.8. The second kappa shape index (κ2) is 6.61. The SMILES string of the molecule is CCC(C)C(C)NC(=O)c1ccc(Br)c(C(F)(F)F)c1. The highest BCUT2D eigenvalue weighted by Crippen LogP contribution is 2.35. The first kappa shape index (κ1) is 17.0. The molecule has 2 unspecified atom stereocenters. The van der Waals surface area contributed by atoms with E-state index in [-0.39, 0.29) is 22.0 Å². The first-order valence-corrected chi connectivity index (χ1v) is 7.13. The molecule has 0 aliphatic carbocycles. The molecule has 112 valence electrons. The van der Waals surface area contributed by atoms with Gasteiger partial charge in [0.05, 0.1) is 5.56 Å². The molecule has 1 amide bonds. The molecule has 0 bridgehead atoms. The zero-order valence-electron chi connectivity index (χ0n) is 11.5. The highest BCUT2D eigenvalue weighted by Gasteiger charge is 2.33. The number of alkyl halides is 3. The molecule has 0 saturated carbocycles. The van der Waals surface area contributed by atoms with Gasteiger partial charge in [-0.3, -0.25) is 4.79 Å². The summed E-state index contributed by atoms with van der Waals surface area (Å²) in [6.07, 6.45) is -3.60. The predicted molar refractivity (Wildman–Crippen MR) is 75.5 cm³/mol. The molecule has 0 aromatic heterocycles. The molecule has 20 heavy (non-hydrogen) atoms. The molecule has 0 aliphatic heterocycles. The Kier molecular flexibility index (Phi) is 5.62. The quantitative estimate of drug-likeness (QED) is 0.841. The third kappa shape index (κ3) is 4.23. The summed E-state index contributed by atoms with van der Waals surface area (Å²) in [4.78, 5) is 12.0. The van der Waals surface area contributed by atoms with Gasteiger partial charge in [-0.2, -0.15) is 13.2 Å². The van der Waals surface area contributed by atoms with Crippen molar-refractivity contribution in [3.8, 4) is 0 Å². The van der Waals surface area contributed by atoms with Gasteiger partial charge in [-0.15, -0.1) is 0 Å². The van der Waals surface area contributed by atoms with Crippen LogP contribution in [0.3, 0.4) is 0 Å². The van der Waals surface area contributed by atoms with Crippen LogP contribution < -0.4 is 5.32 Å². The summed E-state index contributed by atoms with van der Waals surface area (Å²) in [6, 6.07) is 3.39. The number of hydrogen-bond donors (Lipinski definition) is 1. The monoisotopic (exact) mass is 351 g/mol. The molecule has 2 nitrogen and oxygen atoms in total. The van der Waals surface area contributed by atoms with Gasteiger partial charge >= 0.3 is 6.18 Å². The van der Waals surface area contributed by atoms with Gasteiger partial charge in [-0.1, -0.05) is 36.2 Å². The highest BCUT2D eigenvalue weighted by molar-refractivity contribution is 9.10. The summed E-state index contributed by atoms with van der Waals surface area (Å²) in [5.74, 6) is -0.229. The van der Waals surface area contributed by atoms with E-state index in [2.05, 4.69) is 21.2 Å². The average molecular weight is 352 g/mol. The van der Waals surface area contributed by atoms with Crippen molar-refractivity contribution < 1.29 is 18.0 Å². The molecule has 1 rings (SSSR count). The van der Waals surface area contributed by atoms with Gasteiger partial charge in [0.1, 0.15) is 0 Å². The molecule has 0 aliphatic rings. The van der Waals surface area contributed by atoms with Gasteiger partial charge < -0.3 is 5.32 Å². The van der Waals surface area contributed by atoms with E-state index in [0.29, 0.717) is 0 Å². The smallest absolute Gasteiger partial charge is 0.349 e. The zero-order chi connectivity index (χ0) is 15.5. The van der Waals surface area contributed by atoms with Gasteiger partial charge in [-0.25, -0.2) is 0 Å². The number of benzene rings is 1. The van der Waals surface area contributed by atoms with Gasteiger partial charge in [0.15, 0.2) is 0 Å². The van der Waals surface area contributed by atoms with Gasteiger partial charge in [0.2, 0.25) is 0 Å². The molecule has 1 aromatic rings. The molecule has 1 N–H and O–H groups in total. The minimum atomic E-state index is -4.49. The van der Waals surface area contributed by atoms with Crippen LogP contribution in [0.1, 0.15) is 43.1 Å². The number of nitrogens with one attached hydrogen (secondary N) is 1. The molecule has 2 atom stereocenters. The summed E-state index contributed by atoms with van der Waals surface area (Å²) in [5.41, 5.74) is -0.836. The van der Waals surface area contributed by atoms with Gasteiger partial charge in [0, 0.05) is 16.1 Å². The van der Waals surface area contributed by atoms with E-state index in [0.717, 1.165) is 12.5 Å². The molecule has 0 radical (unpaired) electrons. The second-order valence-electron chi connectivity index (χ2n) is 4.84. The van der Waals surface area contributed by atoms with Crippen molar-refractivity contribution in [3.05, 3.63) is 33.8 Å². The molecular weight excluding hydrogens is 335 g/mol. The van der Waals surface area contributed by atoms with Crippen molar-refractivity contribution >= 4 is 21.8 Å². The van der Waals surface area contributed by atoms with Gasteiger partial charge in [-0.05, 0) is 31.0 Å². The lowest BCUT2D eigenvalue weighted by Gasteiger charge is -2.20. The van der Waals surface area contributed by atoms with Crippen LogP contribution in [0.2, 0.25) is 0 Å². The number of hydrogen-bond acceptors (Lipinski definition) is 1. The second-order valence-corrected chi connectivity index (χ2v) is 5.69. The van der Waals surface area contributed by atoms with Crippen molar-refractivity contribution in [3.63, 3.8) is 0 Å². The number of carbonyl (C=O) groups is 1. The maximum absolute atomic E-state index is 12.8. The lowest BCUT2D eigenvalue weighted by molar-refractivity contribution is -0.138. The van der Waals surface area contributed by atoms with E-state index in [1.807, 2.05) is 20.8 Å². The third-order valence-electron chi connectivity index (χ3n) is 3.39. The van der Waals surface area contributed by atoms with Crippen LogP contribution in [0, 0.1) is 5.92 Å². The van der Waals surface area contributed by atoms with Crippen molar-refractivity contribution in [2.24, 2.45) is 5.92 Å². The first-order valence-electron chi connectivity index (χ1n) is 6.34. The molecule has 0 spiro atoms. The summed E-state index contributed by atoms with van der Waals surface area (Å²) < 4.78 is 38.3. The molecule has 0 saturated heterocycles. The Morgan fingerprint density at radius 2 is 1.95 bits per heavy atom. The topological polar surface area (TPSA) is 29.1 Å². The highest BCUT2D eigenvalue weighted by atomic mass is 79.9. The van der Waals surface area contributed by atoms with E-state index in [1.54, 1.807) is 0 Å². The van der Waals surface area contributed by atoms with Crippen LogP contribution >= 0.6 is 15.9 Å². The summed E-state index contributed by atoms with van der Waals surface area (Å²) in [7, 11) is 0. The summed E-state index contributed by atoms with van der Waals surface area (Å²) >= 11 is 2.85. The van der Waals surface area contributed by atoms with E-state index < -0.39 is 17.6 Å². The largest absolute Gasteiger partial charge is 0.417 e. The summed E-state index contributed by atoms with van der Waals surface area (Å²) in [5, 5.41) is 2.72. The lowest BCUT2D eigenvalue weighted by atomic mass is 10.0. The number of rotatable bonds is 4. The lowest BCUT2D eigenvalue weighted by Crippen LogP contribution is -2.37. The van der Waals surface area contributed by atoms with Crippen LogP contribution in [0.5, 0.6) is 0 Å². The third-order valence-corrected chi connectivity index (χ3v) is 4.08. The van der Waals surface area contributed by atoms with E-state index >= 15 is 0 Å². The van der Waals surface area contributed by atoms with Crippen molar-refractivity contribution in [2.75, 3.05) is 0 Å². The molecule has 0 heterocycles. The van der Waals surface area contributed by atoms with E-state index in [1.165, 1.54) is 12.1 Å². The fraction of sp³-hybridized carbons (Fsp3) is 0.500. The molecule has 1 aromatic carbocycles. The van der Waals surface area contributed by atoms with Crippen LogP contribution in [0.25, 0.3) is 0 Å². The number of carbonyl (C=O) groups excluding carboxylic acids is 1. The molecule has 0 fully saturated rings. The maximum Gasteiger partial charge on any atom is 0.417 e. The normalized spacial score (nSPS) is 14.8. The Morgan fingerprint density at radius 3 is 2.45 bits per heavy atom. The standard InChI is InChI=1S/C14H17BrF3NO/c1-4-8(2)9(3)19-13(20)10-5-6-12(15)11(7-10)14(16,17)18/h5-9H,4H2,1-3H3,(H,19,20). The predicted octanol–water partition coefficient (Wildman–Crippen LogP) is 4.63. The van der Waals surface area contributed by atoms with Crippen molar-refractivity contribution in [1.29, 1.82) is 0 Å². The number of halogens is 4. The van der Waals surface area contributed by atoms with Crippen molar-refractivity contribution in [1.82, 2.24) is 5.32 Å². The minimum Gasteiger partial charge on any atom is -0.349 e. The van der Waals surface area contributed by atoms with Crippen LogP contribution in [0.15, 0.2) is 22.7 Å². The van der Waals surface area contributed by atoms with Crippen LogP contribution in [-0.2, 0) is 6.18 Å². The Balaban J connectivity index is 2.95. The fourth-order valence-electron chi connectivity index (χ4n) is 1.67. The molecular formula is C14H17BrF3NO. The van der Waals surface area contributed by atoms with E-state index in [4.69, 9.17) is 0 Å².